The van der Waals surface area contributed by atoms with E-state index < -0.39 is 56.5 Å². The molecule has 1 heterocycles. The Bertz CT molecular complexity index is 1180. The molecule has 2 aromatic rings. The van der Waals surface area contributed by atoms with Crippen molar-refractivity contribution in [3.8, 4) is 6.01 Å². The summed E-state index contributed by atoms with van der Waals surface area (Å²) in [5, 5.41) is 3.29. The minimum Gasteiger partial charge on any atom is -0.454 e. The summed E-state index contributed by atoms with van der Waals surface area (Å²) in [6, 6.07) is 2.67. The van der Waals surface area contributed by atoms with E-state index in [2.05, 4.69) is 19.0 Å². The van der Waals surface area contributed by atoms with Crippen LogP contribution in [0.15, 0.2) is 38.9 Å². The number of carbonyl (C=O) groups is 1. The zero-order valence-corrected chi connectivity index (χ0v) is 18.2. The monoisotopic (exact) mass is 503 g/mol. The fourth-order valence-electron chi connectivity index (χ4n) is 2.02. The Kier molecular flexibility index (Phi) is 7.78. The largest absolute Gasteiger partial charge is 0.454 e. The molecule has 1 N–H and O–H groups in total. The molecule has 0 radical (unpaired) electrons. The molecule has 178 valence electrons. The van der Waals surface area contributed by atoms with E-state index in [1.54, 1.807) is 5.48 Å². The van der Waals surface area contributed by atoms with Crippen LogP contribution in [0.1, 0.15) is 0 Å². The van der Waals surface area contributed by atoms with Crippen molar-refractivity contribution in [1.29, 1.82) is 0 Å². The molecule has 13 nitrogen and oxygen atoms in total. The highest BCUT2D eigenvalue weighted by Gasteiger charge is 2.30. The molecule has 0 spiro atoms. The van der Waals surface area contributed by atoms with Gasteiger partial charge in [-0.3, -0.25) is 4.84 Å². The first-order chi connectivity index (χ1) is 14.8. The Morgan fingerprint density at radius 3 is 2.53 bits per heavy atom. The number of carbonyl (C=O) groups excluding carboxylic acids is 1. The van der Waals surface area contributed by atoms with Gasteiger partial charge in [0.25, 0.3) is 10.0 Å². The number of nitrogens with zero attached hydrogens (tertiary/aromatic N) is 4. The van der Waals surface area contributed by atoms with Crippen LogP contribution in [0.3, 0.4) is 0 Å². The number of alkyl halides is 3. The third-order valence-electron chi connectivity index (χ3n) is 3.60. The van der Waals surface area contributed by atoms with Gasteiger partial charge in [0.05, 0.1) is 12.0 Å². The standard InChI is InChI=1S/C14H16F3N5O8S2/c1-20-12(29-8-14(15,16)17)18-22(13(20)24)11(23)19-30-31(25)9-6-4-5-7-10(9)32(26,27)21(2)28-3/h4-7H,8H2,1-3H3,(H,19,23). The number of ether oxygens (including phenoxy) is 1. The van der Waals surface area contributed by atoms with Gasteiger partial charge >= 0.3 is 23.9 Å². The van der Waals surface area contributed by atoms with Gasteiger partial charge in [0.15, 0.2) is 6.61 Å². The zero-order chi connectivity index (χ0) is 24.3. The Morgan fingerprint density at radius 1 is 1.31 bits per heavy atom. The third-order valence-corrected chi connectivity index (χ3v) is 6.42. The highest BCUT2D eigenvalue weighted by Crippen LogP contribution is 2.22. The first-order valence-corrected chi connectivity index (χ1v) is 10.7. The number of hydrogen-bond donors (Lipinski definition) is 1. The second kappa shape index (κ2) is 9.77. The van der Waals surface area contributed by atoms with E-state index in [9.17, 15) is 35.4 Å². The van der Waals surface area contributed by atoms with Gasteiger partial charge < -0.3 is 4.74 Å². The summed E-state index contributed by atoms with van der Waals surface area (Å²) in [4.78, 5) is 27.9. The molecule has 0 saturated heterocycles. The lowest BCUT2D eigenvalue weighted by Crippen LogP contribution is -2.37. The normalized spacial score (nSPS) is 13.2. The number of sulfonamides is 1. The van der Waals surface area contributed by atoms with Gasteiger partial charge in [-0.05, 0) is 12.1 Å². The molecule has 0 saturated carbocycles. The van der Waals surface area contributed by atoms with Crippen LogP contribution in [0.25, 0.3) is 0 Å². The lowest BCUT2D eigenvalue weighted by atomic mass is 10.4. The van der Waals surface area contributed by atoms with Crippen LogP contribution in [0.2, 0.25) is 0 Å². The maximum absolute atomic E-state index is 12.4. The maximum atomic E-state index is 12.4. The fourth-order valence-corrected chi connectivity index (χ4v) is 4.25. The number of hydroxylamine groups is 2. The van der Waals surface area contributed by atoms with Crippen LogP contribution in [0, 0.1) is 0 Å². The Hall–Kier alpha value is -2.80. The van der Waals surface area contributed by atoms with Gasteiger partial charge in [-0.2, -0.15) is 22.9 Å². The van der Waals surface area contributed by atoms with Crippen molar-refractivity contribution in [2.75, 3.05) is 20.8 Å². The van der Waals surface area contributed by atoms with E-state index in [0.29, 0.717) is 9.04 Å². The average molecular weight is 503 g/mol. The molecule has 1 unspecified atom stereocenters. The summed E-state index contributed by atoms with van der Waals surface area (Å²) in [5.74, 6) is 0. The Labute approximate surface area is 180 Å². The summed E-state index contributed by atoms with van der Waals surface area (Å²) in [7, 11) is -1.06. The molecule has 0 aliphatic carbocycles. The number of aromatic nitrogens is 3. The summed E-state index contributed by atoms with van der Waals surface area (Å²) >= 11 is -2.60. The summed E-state index contributed by atoms with van der Waals surface area (Å²) in [6.07, 6.45) is -4.72. The predicted octanol–water partition coefficient (Wildman–Crippen LogP) is -0.0831. The summed E-state index contributed by atoms with van der Waals surface area (Å²) in [6.45, 7) is -1.76. The lowest BCUT2D eigenvalue weighted by Gasteiger charge is -2.16. The van der Waals surface area contributed by atoms with Crippen molar-refractivity contribution in [3.05, 3.63) is 34.7 Å². The number of benzene rings is 1. The van der Waals surface area contributed by atoms with Crippen LogP contribution >= 0.6 is 0 Å². The molecule has 32 heavy (non-hydrogen) atoms. The third kappa shape index (κ3) is 5.71. The van der Waals surface area contributed by atoms with Gasteiger partial charge in [0.2, 0.25) is 11.1 Å². The lowest BCUT2D eigenvalue weighted by molar-refractivity contribution is -0.155. The smallest absolute Gasteiger partial charge is 0.422 e. The Morgan fingerprint density at radius 2 is 1.94 bits per heavy atom. The molecule has 1 aromatic carbocycles. The van der Waals surface area contributed by atoms with E-state index in [0.717, 1.165) is 33.3 Å². The Balaban J connectivity index is 2.19. The van der Waals surface area contributed by atoms with E-state index >= 15 is 0 Å². The van der Waals surface area contributed by atoms with Crippen LogP contribution < -0.4 is 15.9 Å². The van der Waals surface area contributed by atoms with Gasteiger partial charge in [-0.1, -0.05) is 16.6 Å². The van der Waals surface area contributed by atoms with Crippen molar-refractivity contribution in [2.45, 2.75) is 16.0 Å². The van der Waals surface area contributed by atoms with Crippen molar-refractivity contribution < 1.29 is 44.5 Å². The van der Waals surface area contributed by atoms with Gasteiger partial charge in [-0.15, -0.1) is 9.78 Å². The van der Waals surface area contributed by atoms with Crippen molar-refractivity contribution in [2.24, 2.45) is 7.05 Å². The van der Waals surface area contributed by atoms with Crippen LogP contribution in [0.5, 0.6) is 6.01 Å². The van der Waals surface area contributed by atoms with E-state index in [-0.39, 0.29) is 9.58 Å². The zero-order valence-electron chi connectivity index (χ0n) is 16.5. The first-order valence-electron chi connectivity index (χ1n) is 8.16. The summed E-state index contributed by atoms with van der Waals surface area (Å²) < 4.78 is 84.1. The van der Waals surface area contributed by atoms with Crippen LogP contribution in [-0.4, -0.2) is 64.4 Å². The van der Waals surface area contributed by atoms with Crippen molar-refractivity contribution in [3.63, 3.8) is 0 Å². The minimum atomic E-state index is -4.72. The molecular weight excluding hydrogens is 487 g/mol. The summed E-state index contributed by atoms with van der Waals surface area (Å²) in [5.41, 5.74) is 0.408. The number of halogens is 3. The SMILES string of the molecule is CON(C)S(=O)(=O)c1ccccc1S(=O)ONC(=O)n1nc(OCC(F)(F)F)n(C)c1=O. The van der Waals surface area contributed by atoms with Crippen molar-refractivity contribution >= 4 is 27.1 Å². The molecule has 1 atom stereocenters. The molecule has 0 aliphatic rings. The molecule has 18 heteroatoms. The van der Waals surface area contributed by atoms with Crippen molar-refractivity contribution in [1.82, 2.24) is 24.3 Å². The fraction of sp³-hybridized carbons (Fsp3) is 0.357. The average Bonchev–Trinajstić information content (AvgIpc) is 3.03. The second-order valence-electron chi connectivity index (χ2n) is 5.71. The van der Waals surface area contributed by atoms with Gasteiger partial charge in [-0.25, -0.2) is 26.8 Å². The van der Waals surface area contributed by atoms with Crippen LogP contribution in [0.4, 0.5) is 18.0 Å². The second-order valence-corrected chi connectivity index (χ2v) is 8.69. The number of amides is 1. The highest BCUT2D eigenvalue weighted by atomic mass is 32.2. The first kappa shape index (κ1) is 25.5. The molecule has 2 rings (SSSR count). The van der Waals surface area contributed by atoms with E-state index in [1.165, 1.54) is 12.1 Å². The van der Waals surface area contributed by atoms with Gasteiger partial charge in [0.1, 0.15) is 4.90 Å². The molecule has 1 amide bonds. The topological polar surface area (TPSA) is 151 Å². The minimum absolute atomic E-state index is 0.0598. The maximum Gasteiger partial charge on any atom is 0.422 e. The molecular formula is C14H16F3N5O8S2. The molecule has 0 bridgehead atoms. The number of rotatable bonds is 8. The number of hydrogen-bond acceptors (Lipinski definition) is 9. The van der Waals surface area contributed by atoms with Gasteiger partial charge in [0, 0.05) is 14.1 Å². The molecule has 0 aliphatic heterocycles. The van der Waals surface area contributed by atoms with E-state index in [1.807, 2.05) is 0 Å². The highest BCUT2D eigenvalue weighted by molar-refractivity contribution is 7.90. The molecule has 1 aromatic heterocycles. The van der Waals surface area contributed by atoms with E-state index in [4.69, 9.17) is 0 Å². The van der Waals surface area contributed by atoms with Crippen LogP contribution in [-0.2, 0) is 37.3 Å². The predicted molar refractivity (Wildman–Crippen MR) is 98.8 cm³/mol. The number of nitrogens with one attached hydrogen (secondary N) is 1. The quantitative estimate of drug-likeness (QED) is 0.488. The molecule has 0 fully saturated rings.